The number of hydrogen-bond donors (Lipinski definition) is 0. The zero-order valence-corrected chi connectivity index (χ0v) is 18.6. The van der Waals surface area contributed by atoms with E-state index in [2.05, 4.69) is 6.92 Å². The van der Waals surface area contributed by atoms with Gasteiger partial charge in [0.05, 0.1) is 37.0 Å². The van der Waals surface area contributed by atoms with Crippen molar-refractivity contribution in [3.63, 3.8) is 0 Å². The van der Waals surface area contributed by atoms with Gasteiger partial charge in [-0.2, -0.15) is 0 Å². The second-order valence-corrected chi connectivity index (χ2v) is 8.61. The summed E-state index contributed by atoms with van der Waals surface area (Å²) >= 11 is 0. The minimum absolute atomic E-state index is 0.0163. The van der Waals surface area contributed by atoms with Crippen LogP contribution in [-0.2, 0) is 19.1 Å². The molecule has 0 N–H and O–H groups in total. The summed E-state index contributed by atoms with van der Waals surface area (Å²) in [6.45, 7) is 8.83. The average Bonchev–Trinajstić information content (AvgIpc) is 3.34. The van der Waals surface area contributed by atoms with E-state index < -0.39 is 0 Å². The van der Waals surface area contributed by atoms with Crippen LogP contribution in [0, 0.1) is 0 Å². The summed E-state index contributed by atoms with van der Waals surface area (Å²) in [5.41, 5.74) is 1.68. The van der Waals surface area contributed by atoms with Crippen LogP contribution in [0.5, 0.6) is 5.75 Å². The second-order valence-electron chi connectivity index (χ2n) is 8.61. The number of hydrogen-bond acceptors (Lipinski definition) is 6. The molecule has 2 saturated heterocycles. The first-order chi connectivity index (χ1) is 15.0. The van der Waals surface area contributed by atoms with Gasteiger partial charge in [0.2, 0.25) is 0 Å². The zero-order chi connectivity index (χ0) is 22.0. The van der Waals surface area contributed by atoms with Crippen LogP contribution in [0.3, 0.4) is 0 Å². The molecule has 168 valence electrons. The summed E-state index contributed by atoms with van der Waals surface area (Å²) in [5, 5.41) is 0. The van der Waals surface area contributed by atoms with Crippen molar-refractivity contribution in [2.75, 3.05) is 32.8 Å². The molecule has 4 rings (SSSR count). The highest BCUT2D eigenvalue weighted by Gasteiger charge is 2.44. The third-order valence-corrected chi connectivity index (χ3v) is 5.91. The van der Waals surface area contributed by atoms with Gasteiger partial charge in [-0.05, 0) is 50.8 Å². The Hall–Kier alpha value is -2.38. The third kappa shape index (κ3) is 4.62. The smallest absolute Gasteiger partial charge is 0.277 e. The topological polar surface area (TPSA) is 68.3 Å². The molecule has 3 aliphatic rings. The molecule has 3 heterocycles. The number of imide groups is 1. The Kier molecular flexibility index (Phi) is 6.62. The molecule has 0 bridgehead atoms. The van der Waals surface area contributed by atoms with Crippen LogP contribution >= 0.6 is 0 Å². The van der Waals surface area contributed by atoms with Gasteiger partial charge in [-0.15, -0.1) is 0 Å². The van der Waals surface area contributed by atoms with E-state index in [1.165, 1.54) is 4.90 Å². The lowest BCUT2D eigenvalue weighted by molar-refractivity contribution is -0.140. The Morgan fingerprint density at radius 2 is 1.77 bits per heavy atom. The molecule has 0 saturated carbocycles. The van der Waals surface area contributed by atoms with Gasteiger partial charge in [-0.25, -0.2) is 0 Å². The largest absolute Gasteiger partial charge is 0.494 e. The maximum absolute atomic E-state index is 13.5. The number of ether oxygens (including phenoxy) is 3. The molecule has 1 aromatic carbocycles. The fourth-order valence-corrected chi connectivity index (χ4v) is 4.57. The van der Waals surface area contributed by atoms with Gasteiger partial charge < -0.3 is 19.1 Å². The molecule has 0 aliphatic carbocycles. The van der Waals surface area contributed by atoms with Gasteiger partial charge in [-0.1, -0.05) is 19.1 Å². The van der Waals surface area contributed by atoms with Crippen molar-refractivity contribution in [2.45, 2.75) is 58.3 Å². The monoisotopic (exact) mass is 428 g/mol. The van der Waals surface area contributed by atoms with Crippen molar-refractivity contribution in [3.05, 3.63) is 35.5 Å². The molecular formula is C24H32N2O5. The first-order valence-electron chi connectivity index (χ1n) is 11.3. The minimum Gasteiger partial charge on any atom is -0.494 e. The second kappa shape index (κ2) is 9.40. The van der Waals surface area contributed by atoms with Crippen LogP contribution in [0.25, 0.3) is 5.57 Å². The van der Waals surface area contributed by atoms with E-state index in [0.29, 0.717) is 44.1 Å². The Bertz CT molecular complexity index is 834. The molecule has 2 fully saturated rings. The van der Waals surface area contributed by atoms with Crippen LogP contribution in [0.1, 0.15) is 45.6 Å². The molecule has 0 aromatic heterocycles. The Balaban J connectivity index is 1.67. The van der Waals surface area contributed by atoms with Crippen molar-refractivity contribution < 1.29 is 23.8 Å². The van der Waals surface area contributed by atoms with Crippen LogP contribution in [0.15, 0.2) is 30.0 Å². The van der Waals surface area contributed by atoms with Gasteiger partial charge >= 0.3 is 0 Å². The number of carbonyl (C=O) groups excluding carboxylic acids is 2. The lowest BCUT2D eigenvalue weighted by Crippen LogP contribution is -2.47. The number of nitrogens with zero attached hydrogens (tertiary/aromatic N) is 2. The number of amides is 2. The number of benzene rings is 1. The normalized spacial score (nSPS) is 26.9. The lowest BCUT2D eigenvalue weighted by Gasteiger charge is -2.37. The summed E-state index contributed by atoms with van der Waals surface area (Å²) in [6.07, 6.45) is 2.65. The van der Waals surface area contributed by atoms with E-state index in [4.69, 9.17) is 14.2 Å². The van der Waals surface area contributed by atoms with Gasteiger partial charge in [0.15, 0.2) is 0 Å². The van der Waals surface area contributed by atoms with Crippen LogP contribution < -0.4 is 4.74 Å². The van der Waals surface area contributed by atoms with Crippen molar-refractivity contribution >= 4 is 17.4 Å². The highest BCUT2D eigenvalue weighted by molar-refractivity contribution is 6.35. The summed E-state index contributed by atoms with van der Waals surface area (Å²) in [7, 11) is 0. The predicted octanol–water partition coefficient (Wildman–Crippen LogP) is 2.84. The molecule has 31 heavy (non-hydrogen) atoms. The first-order valence-corrected chi connectivity index (χ1v) is 11.3. The van der Waals surface area contributed by atoms with Crippen LogP contribution in [0.4, 0.5) is 0 Å². The Morgan fingerprint density at radius 1 is 1.06 bits per heavy atom. The number of carbonyl (C=O) groups is 2. The van der Waals surface area contributed by atoms with Crippen molar-refractivity contribution in [2.24, 2.45) is 0 Å². The van der Waals surface area contributed by atoms with E-state index in [1.807, 2.05) is 43.0 Å². The first kappa shape index (κ1) is 21.8. The van der Waals surface area contributed by atoms with E-state index >= 15 is 0 Å². The highest BCUT2D eigenvalue weighted by atomic mass is 16.5. The molecular weight excluding hydrogens is 396 g/mol. The summed E-state index contributed by atoms with van der Waals surface area (Å²) in [6, 6.07) is 7.46. The molecule has 1 aromatic rings. The average molecular weight is 429 g/mol. The summed E-state index contributed by atoms with van der Waals surface area (Å²) in [4.78, 5) is 30.4. The van der Waals surface area contributed by atoms with Crippen LogP contribution in [-0.4, -0.2) is 72.8 Å². The Morgan fingerprint density at radius 3 is 2.39 bits per heavy atom. The SMILES string of the molecule is CCCOc1ccc(C2=C(N3CC(C)OC(C)C3)C(=O)N(CC3CCCO3)C2=O)cc1. The molecule has 0 spiro atoms. The quantitative estimate of drug-likeness (QED) is 0.622. The highest BCUT2D eigenvalue weighted by Crippen LogP contribution is 2.34. The number of morpholine rings is 1. The van der Waals surface area contributed by atoms with Crippen molar-refractivity contribution in [1.82, 2.24) is 9.80 Å². The van der Waals surface area contributed by atoms with Crippen LogP contribution in [0.2, 0.25) is 0 Å². The summed E-state index contributed by atoms with van der Waals surface area (Å²) in [5.74, 6) is 0.280. The standard InChI is InChI=1S/C24H32N2O5/c1-4-11-29-19-9-7-18(8-10-19)21-22(25-13-16(2)31-17(3)14-25)24(28)26(23(21)27)15-20-6-5-12-30-20/h7-10,16-17,20H,4-6,11-15H2,1-3H3. The zero-order valence-electron chi connectivity index (χ0n) is 18.6. The molecule has 3 unspecified atom stereocenters. The molecule has 0 radical (unpaired) electrons. The Labute approximate surface area is 183 Å². The molecule has 3 aliphatic heterocycles. The van der Waals surface area contributed by atoms with Gasteiger partial charge in [0, 0.05) is 19.7 Å². The lowest BCUT2D eigenvalue weighted by atomic mass is 10.0. The van der Waals surface area contributed by atoms with Crippen molar-refractivity contribution in [1.29, 1.82) is 0 Å². The van der Waals surface area contributed by atoms with E-state index in [-0.39, 0.29) is 30.1 Å². The van der Waals surface area contributed by atoms with Gasteiger partial charge in [0.1, 0.15) is 11.4 Å². The van der Waals surface area contributed by atoms with Gasteiger partial charge in [-0.3, -0.25) is 14.5 Å². The summed E-state index contributed by atoms with van der Waals surface area (Å²) < 4.78 is 17.2. The number of rotatable bonds is 7. The van der Waals surface area contributed by atoms with Gasteiger partial charge in [0.25, 0.3) is 11.8 Å². The predicted molar refractivity (Wildman–Crippen MR) is 116 cm³/mol. The third-order valence-electron chi connectivity index (χ3n) is 5.91. The maximum Gasteiger partial charge on any atom is 0.277 e. The molecule has 7 heteroatoms. The van der Waals surface area contributed by atoms with E-state index in [1.54, 1.807) is 0 Å². The molecule has 3 atom stereocenters. The maximum atomic E-state index is 13.5. The molecule has 7 nitrogen and oxygen atoms in total. The fraction of sp³-hybridized carbons (Fsp3) is 0.583. The minimum atomic E-state index is -0.246. The molecule has 2 amide bonds. The van der Waals surface area contributed by atoms with E-state index in [9.17, 15) is 9.59 Å². The van der Waals surface area contributed by atoms with E-state index in [0.717, 1.165) is 30.6 Å². The fourth-order valence-electron chi connectivity index (χ4n) is 4.57. The van der Waals surface area contributed by atoms with Crippen molar-refractivity contribution in [3.8, 4) is 5.75 Å².